The Bertz CT molecular complexity index is 532. The minimum atomic E-state index is -1.25. The van der Waals surface area contributed by atoms with Crippen LogP contribution in [0.2, 0.25) is 0 Å². The first-order valence-corrected chi connectivity index (χ1v) is 5.91. The van der Waals surface area contributed by atoms with Gasteiger partial charge in [-0.05, 0) is 18.2 Å². The maximum atomic E-state index is 11.6. The Morgan fingerprint density at radius 3 is 2.47 bits per heavy atom. The van der Waals surface area contributed by atoms with Gasteiger partial charge in [0, 0.05) is 4.47 Å². The van der Waals surface area contributed by atoms with E-state index in [0.717, 1.165) is 0 Å². The summed E-state index contributed by atoms with van der Waals surface area (Å²) in [6.07, 6.45) is -0.537. The monoisotopic (exact) mass is 330 g/mol. The molecule has 0 spiro atoms. The number of carboxylic acid groups (broad SMARTS) is 2. The average molecular weight is 331 g/mol. The lowest BCUT2D eigenvalue weighted by Crippen LogP contribution is -2.37. The summed E-state index contributed by atoms with van der Waals surface area (Å²) in [5.74, 6) is -3.19. The molecule has 0 aromatic heterocycles. The number of amides is 1. The van der Waals surface area contributed by atoms with Gasteiger partial charge in [-0.3, -0.25) is 9.59 Å². The van der Waals surface area contributed by atoms with Gasteiger partial charge in [-0.2, -0.15) is 0 Å². The van der Waals surface area contributed by atoms with E-state index in [-0.39, 0.29) is 11.3 Å². The SMILES string of the molecule is NC(CC(=O)O)C(=O)Nc1ccc(Br)cc1C(=O)O. The van der Waals surface area contributed by atoms with Gasteiger partial charge in [0.05, 0.1) is 23.7 Å². The van der Waals surface area contributed by atoms with Gasteiger partial charge in [0.25, 0.3) is 0 Å². The molecule has 0 radical (unpaired) electrons. The highest BCUT2D eigenvalue weighted by Gasteiger charge is 2.19. The number of aromatic carboxylic acids is 1. The van der Waals surface area contributed by atoms with Crippen LogP contribution in [0.25, 0.3) is 0 Å². The molecule has 8 heteroatoms. The van der Waals surface area contributed by atoms with E-state index in [1.54, 1.807) is 6.07 Å². The molecule has 0 aliphatic heterocycles. The van der Waals surface area contributed by atoms with E-state index in [9.17, 15) is 14.4 Å². The Labute approximate surface area is 116 Å². The van der Waals surface area contributed by atoms with E-state index < -0.39 is 30.3 Å². The third kappa shape index (κ3) is 4.34. The topological polar surface area (TPSA) is 130 Å². The Balaban J connectivity index is 2.90. The molecule has 1 rings (SSSR count). The molecule has 0 aliphatic rings. The molecule has 5 N–H and O–H groups in total. The predicted octanol–water partition coefficient (Wildman–Crippen LogP) is 0.888. The second-order valence-corrected chi connectivity index (χ2v) is 4.60. The molecule has 1 unspecified atom stereocenters. The fourth-order valence-electron chi connectivity index (χ4n) is 1.31. The van der Waals surface area contributed by atoms with Gasteiger partial charge in [0.1, 0.15) is 0 Å². The summed E-state index contributed by atoms with van der Waals surface area (Å²) in [4.78, 5) is 33.0. The summed E-state index contributed by atoms with van der Waals surface area (Å²) in [7, 11) is 0. The Hall–Kier alpha value is -1.93. The van der Waals surface area contributed by atoms with Crippen LogP contribution in [0.5, 0.6) is 0 Å². The number of halogens is 1. The molecule has 0 aliphatic carbocycles. The van der Waals surface area contributed by atoms with Crippen molar-refractivity contribution >= 4 is 39.5 Å². The maximum Gasteiger partial charge on any atom is 0.337 e. The molecule has 1 atom stereocenters. The average Bonchev–Trinajstić information content (AvgIpc) is 2.30. The highest BCUT2D eigenvalue weighted by atomic mass is 79.9. The number of anilines is 1. The number of nitrogens with two attached hydrogens (primary N) is 1. The van der Waals surface area contributed by atoms with E-state index in [4.69, 9.17) is 15.9 Å². The van der Waals surface area contributed by atoms with Crippen LogP contribution in [0.15, 0.2) is 22.7 Å². The molecule has 0 saturated heterocycles. The highest BCUT2D eigenvalue weighted by Crippen LogP contribution is 2.21. The molecule has 0 fully saturated rings. The van der Waals surface area contributed by atoms with E-state index in [1.165, 1.54) is 12.1 Å². The zero-order valence-electron chi connectivity index (χ0n) is 9.59. The van der Waals surface area contributed by atoms with Crippen LogP contribution in [0.4, 0.5) is 5.69 Å². The van der Waals surface area contributed by atoms with Crippen molar-refractivity contribution in [1.82, 2.24) is 0 Å². The summed E-state index contributed by atoms with van der Waals surface area (Å²) in [5.41, 5.74) is 5.31. The largest absolute Gasteiger partial charge is 0.481 e. The number of hydrogen-bond donors (Lipinski definition) is 4. The number of aliphatic carboxylic acids is 1. The molecule has 7 nitrogen and oxygen atoms in total. The van der Waals surface area contributed by atoms with Crippen LogP contribution in [-0.4, -0.2) is 34.1 Å². The van der Waals surface area contributed by atoms with Gasteiger partial charge < -0.3 is 21.3 Å². The van der Waals surface area contributed by atoms with Crippen molar-refractivity contribution in [2.24, 2.45) is 5.73 Å². The second kappa shape index (κ2) is 6.30. The lowest BCUT2D eigenvalue weighted by molar-refractivity contribution is -0.138. The number of hydrogen-bond acceptors (Lipinski definition) is 4. The maximum absolute atomic E-state index is 11.6. The zero-order chi connectivity index (χ0) is 14.6. The molecule has 0 bridgehead atoms. The third-order valence-corrected chi connectivity index (χ3v) is 2.69. The van der Waals surface area contributed by atoms with Crippen molar-refractivity contribution in [1.29, 1.82) is 0 Å². The molecule has 0 heterocycles. The number of carboxylic acids is 2. The lowest BCUT2D eigenvalue weighted by atomic mass is 10.1. The van der Waals surface area contributed by atoms with E-state index in [1.807, 2.05) is 0 Å². The number of benzene rings is 1. The third-order valence-electron chi connectivity index (χ3n) is 2.20. The molecule has 1 aromatic rings. The number of carbonyl (C=O) groups is 3. The molecular weight excluding hydrogens is 320 g/mol. The van der Waals surface area contributed by atoms with Gasteiger partial charge in [-0.25, -0.2) is 4.79 Å². The fraction of sp³-hybridized carbons (Fsp3) is 0.182. The van der Waals surface area contributed by atoms with Gasteiger partial charge in [0.2, 0.25) is 5.91 Å². The first kappa shape index (κ1) is 15.1. The van der Waals surface area contributed by atoms with Gasteiger partial charge >= 0.3 is 11.9 Å². The van der Waals surface area contributed by atoms with Crippen molar-refractivity contribution in [3.63, 3.8) is 0 Å². The summed E-state index contributed by atoms with van der Waals surface area (Å²) in [6.45, 7) is 0. The van der Waals surface area contributed by atoms with Crippen LogP contribution >= 0.6 is 15.9 Å². The van der Waals surface area contributed by atoms with Gasteiger partial charge in [-0.1, -0.05) is 15.9 Å². The zero-order valence-corrected chi connectivity index (χ0v) is 11.2. The van der Waals surface area contributed by atoms with E-state index >= 15 is 0 Å². The summed E-state index contributed by atoms with van der Waals surface area (Å²) < 4.78 is 0.540. The normalized spacial score (nSPS) is 11.7. The number of carbonyl (C=O) groups excluding carboxylic acids is 1. The van der Waals surface area contributed by atoms with Gasteiger partial charge in [-0.15, -0.1) is 0 Å². The minimum Gasteiger partial charge on any atom is -0.481 e. The highest BCUT2D eigenvalue weighted by molar-refractivity contribution is 9.10. The van der Waals surface area contributed by atoms with E-state index in [2.05, 4.69) is 21.2 Å². The summed E-state index contributed by atoms with van der Waals surface area (Å²) >= 11 is 3.11. The standard InChI is InChI=1S/C11H11BrN2O5/c12-5-1-2-8(6(3-5)11(18)19)14-10(17)7(13)4-9(15)16/h1-3,7H,4,13H2,(H,14,17)(H,15,16)(H,18,19). The molecule has 1 aromatic carbocycles. The van der Waals surface area contributed by atoms with Crippen LogP contribution in [0.3, 0.4) is 0 Å². The van der Waals surface area contributed by atoms with Crippen LogP contribution in [0, 0.1) is 0 Å². The van der Waals surface area contributed by atoms with E-state index in [0.29, 0.717) is 4.47 Å². The fourth-order valence-corrected chi connectivity index (χ4v) is 1.67. The Morgan fingerprint density at radius 2 is 1.95 bits per heavy atom. The van der Waals surface area contributed by atoms with Crippen molar-refractivity contribution < 1.29 is 24.6 Å². The first-order valence-electron chi connectivity index (χ1n) is 5.12. The molecular formula is C11H11BrN2O5. The lowest BCUT2D eigenvalue weighted by Gasteiger charge is -2.12. The molecule has 19 heavy (non-hydrogen) atoms. The van der Waals surface area contributed by atoms with Crippen molar-refractivity contribution in [2.75, 3.05) is 5.32 Å². The van der Waals surface area contributed by atoms with Crippen molar-refractivity contribution in [3.8, 4) is 0 Å². The van der Waals surface area contributed by atoms with Crippen LogP contribution in [-0.2, 0) is 9.59 Å². The smallest absolute Gasteiger partial charge is 0.337 e. The molecule has 0 saturated carbocycles. The van der Waals surface area contributed by atoms with Crippen LogP contribution < -0.4 is 11.1 Å². The number of nitrogens with one attached hydrogen (secondary N) is 1. The quantitative estimate of drug-likeness (QED) is 0.634. The molecule has 1 amide bonds. The Morgan fingerprint density at radius 1 is 1.32 bits per heavy atom. The van der Waals surface area contributed by atoms with Crippen LogP contribution in [0.1, 0.15) is 16.8 Å². The second-order valence-electron chi connectivity index (χ2n) is 3.69. The number of rotatable bonds is 5. The predicted molar refractivity (Wildman–Crippen MR) is 70.0 cm³/mol. The van der Waals surface area contributed by atoms with Gasteiger partial charge in [0.15, 0.2) is 0 Å². The Kier molecular flexibility index (Phi) is 5.02. The minimum absolute atomic E-state index is 0.0570. The van der Waals surface area contributed by atoms with Crippen molar-refractivity contribution in [3.05, 3.63) is 28.2 Å². The van der Waals surface area contributed by atoms with Crippen molar-refractivity contribution in [2.45, 2.75) is 12.5 Å². The summed E-state index contributed by atoms with van der Waals surface area (Å²) in [5, 5.41) is 19.8. The first-order chi connectivity index (χ1) is 8.81. The summed E-state index contributed by atoms with van der Waals surface area (Å²) in [6, 6.07) is 3.01. The molecule has 102 valence electrons.